The van der Waals surface area contributed by atoms with Crippen LogP contribution < -0.4 is 16.4 Å². The van der Waals surface area contributed by atoms with Gasteiger partial charge in [-0.2, -0.15) is 0 Å². The van der Waals surface area contributed by atoms with E-state index in [0.29, 0.717) is 12.5 Å². The fraction of sp³-hybridized carbons (Fsp3) is 0.889. The van der Waals surface area contributed by atoms with Crippen LogP contribution in [0.1, 0.15) is 41.0 Å². The third-order valence-corrected chi connectivity index (χ3v) is 4.03. The summed E-state index contributed by atoms with van der Waals surface area (Å²) in [5.74, 6) is 0.629. The molecule has 9 heteroatoms. The van der Waals surface area contributed by atoms with Gasteiger partial charge in [-0.05, 0) is 39.7 Å². The minimum absolute atomic E-state index is 0. The van der Waals surface area contributed by atoms with Gasteiger partial charge in [0.2, 0.25) is 0 Å². The Labute approximate surface area is 181 Å². The van der Waals surface area contributed by atoms with Crippen LogP contribution in [0.3, 0.4) is 0 Å². The van der Waals surface area contributed by atoms with Gasteiger partial charge in [-0.15, -0.1) is 24.0 Å². The fourth-order valence-electron chi connectivity index (χ4n) is 2.48. The molecule has 0 radical (unpaired) electrons. The number of nitrogens with one attached hydrogen (secondary N) is 2. The molecular weight excluding hydrogens is 461 g/mol. The summed E-state index contributed by atoms with van der Waals surface area (Å²) in [6.45, 7) is 15.4. The molecule has 0 saturated carbocycles. The minimum atomic E-state index is -0.518. The molecule has 1 unspecified atom stereocenters. The Kier molecular flexibility index (Phi) is 13.0. The molecule has 27 heavy (non-hydrogen) atoms. The number of hydrogen-bond acceptors (Lipinski definition) is 5. The van der Waals surface area contributed by atoms with Gasteiger partial charge in [-0.3, -0.25) is 9.89 Å². The van der Waals surface area contributed by atoms with Gasteiger partial charge in [0, 0.05) is 19.6 Å². The van der Waals surface area contributed by atoms with Crippen molar-refractivity contribution in [1.82, 2.24) is 15.5 Å². The lowest BCUT2D eigenvalue weighted by molar-refractivity contribution is 0.0376. The van der Waals surface area contributed by atoms with Crippen LogP contribution in [0.15, 0.2) is 4.99 Å². The van der Waals surface area contributed by atoms with Gasteiger partial charge in [0.15, 0.2) is 5.96 Å². The molecule has 1 amide bonds. The molecule has 0 bridgehead atoms. The second-order valence-corrected chi connectivity index (χ2v) is 7.96. The van der Waals surface area contributed by atoms with Crippen LogP contribution in [0, 0.1) is 5.92 Å². The zero-order valence-electron chi connectivity index (χ0n) is 17.4. The topological polar surface area (TPSA) is 101 Å². The summed E-state index contributed by atoms with van der Waals surface area (Å²) < 4.78 is 10.6. The highest BCUT2D eigenvalue weighted by molar-refractivity contribution is 14.0. The summed E-state index contributed by atoms with van der Waals surface area (Å²) in [4.78, 5) is 18.7. The van der Waals surface area contributed by atoms with Gasteiger partial charge >= 0.3 is 6.09 Å². The van der Waals surface area contributed by atoms with Crippen molar-refractivity contribution in [2.24, 2.45) is 16.6 Å². The van der Waals surface area contributed by atoms with E-state index in [0.717, 1.165) is 45.8 Å². The molecule has 8 nitrogen and oxygen atoms in total. The van der Waals surface area contributed by atoms with Gasteiger partial charge in [0.05, 0.1) is 25.8 Å². The minimum Gasteiger partial charge on any atom is -0.444 e. The van der Waals surface area contributed by atoms with E-state index in [1.54, 1.807) is 0 Å². The number of nitrogens with two attached hydrogens (primary N) is 1. The molecule has 0 aromatic carbocycles. The molecule has 4 N–H and O–H groups in total. The van der Waals surface area contributed by atoms with E-state index in [1.165, 1.54) is 0 Å². The number of hydrogen-bond donors (Lipinski definition) is 3. The van der Waals surface area contributed by atoms with Crippen LogP contribution in [0.4, 0.5) is 4.79 Å². The van der Waals surface area contributed by atoms with Crippen LogP contribution in [0.25, 0.3) is 0 Å². The number of carbonyl (C=O) groups is 1. The zero-order chi connectivity index (χ0) is 19.6. The standard InChI is InChI=1S/C18H37N5O3.HI/c1-14(2)15(22-17(24)26-18(3,4)5)13-21-16(19)20-7-6-8-23-9-11-25-12-10-23;/h14-15H,6-13H2,1-5H3,(H,22,24)(H3,19,20,21);1H. The largest absolute Gasteiger partial charge is 0.444 e. The number of alkyl carbamates (subject to hydrolysis) is 1. The Morgan fingerprint density at radius 1 is 1.30 bits per heavy atom. The van der Waals surface area contributed by atoms with Crippen molar-refractivity contribution in [3.63, 3.8) is 0 Å². The molecule has 1 aliphatic rings. The Morgan fingerprint density at radius 2 is 1.93 bits per heavy atom. The van der Waals surface area contributed by atoms with E-state index in [-0.39, 0.29) is 35.9 Å². The molecule has 1 aliphatic heterocycles. The number of amides is 1. The molecule has 1 atom stereocenters. The number of carbonyl (C=O) groups excluding carboxylic acids is 1. The lowest BCUT2D eigenvalue weighted by atomic mass is 10.1. The number of guanidine groups is 1. The van der Waals surface area contributed by atoms with Crippen LogP contribution in [0.5, 0.6) is 0 Å². The Hall–Kier alpha value is -0.810. The Morgan fingerprint density at radius 3 is 2.48 bits per heavy atom. The monoisotopic (exact) mass is 499 g/mol. The molecule has 0 aliphatic carbocycles. The lowest BCUT2D eigenvalue weighted by Gasteiger charge is -2.26. The predicted octanol–water partition coefficient (Wildman–Crippen LogP) is 1.78. The van der Waals surface area contributed by atoms with Crippen molar-refractivity contribution in [3.05, 3.63) is 0 Å². The highest BCUT2D eigenvalue weighted by atomic mass is 127. The second kappa shape index (κ2) is 13.4. The third kappa shape index (κ3) is 13.1. The van der Waals surface area contributed by atoms with Gasteiger partial charge < -0.3 is 25.8 Å². The highest BCUT2D eigenvalue weighted by Crippen LogP contribution is 2.09. The number of aliphatic imine (C=N–C) groups is 1. The van der Waals surface area contributed by atoms with Gasteiger partial charge in [-0.25, -0.2) is 4.79 Å². The van der Waals surface area contributed by atoms with E-state index in [2.05, 4.69) is 20.5 Å². The average molecular weight is 499 g/mol. The predicted molar refractivity (Wildman–Crippen MR) is 120 cm³/mol. The lowest BCUT2D eigenvalue weighted by Crippen LogP contribution is -2.44. The molecule has 0 spiro atoms. The van der Waals surface area contributed by atoms with E-state index in [4.69, 9.17) is 15.2 Å². The molecule has 0 aromatic rings. The molecule has 1 rings (SSSR count). The van der Waals surface area contributed by atoms with Crippen LogP contribution in [0.2, 0.25) is 0 Å². The summed E-state index contributed by atoms with van der Waals surface area (Å²) in [5.41, 5.74) is 5.42. The molecule has 1 fully saturated rings. The Balaban J connectivity index is 0.00000676. The van der Waals surface area contributed by atoms with Crippen LogP contribution in [-0.4, -0.2) is 74.5 Å². The van der Waals surface area contributed by atoms with Gasteiger partial charge in [-0.1, -0.05) is 13.8 Å². The summed E-state index contributed by atoms with van der Waals surface area (Å²) in [5, 5.41) is 6.00. The number of ether oxygens (including phenoxy) is 2. The molecule has 1 heterocycles. The average Bonchev–Trinajstić information content (AvgIpc) is 2.54. The zero-order valence-corrected chi connectivity index (χ0v) is 19.7. The number of morpholine rings is 1. The van der Waals surface area contributed by atoms with Crippen molar-refractivity contribution < 1.29 is 14.3 Å². The van der Waals surface area contributed by atoms with Crippen molar-refractivity contribution in [2.45, 2.75) is 52.7 Å². The highest BCUT2D eigenvalue weighted by Gasteiger charge is 2.21. The SMILES string of the molecule is CC(C)C(CN=C(N)NCCCN1CCOCC1)NC(=O)OC(C)(C)C.I. The quantitative estimate of drug-likeness (QED) is 0.204. The van der Waals surface area contributed by atoms with E-state index in [9.17, 15) is 4.79 Å². The molecule has 0 aromatic heterocycles. The summed E-state index contributed by atoms with van der Waals surface area (Å²) in [6, 6.07) is -0.126. The van der Waals surface area contributed by atoms with E-state index < -0.39 is 11.7 Å². The maximum Gasteiger partial charge on any atom is 0.407 e. The van der Waals surface area contributed by atoms with E-state index in [1.807, 2.05) is 34.6 Å². The maximum atomic E-state index is 11.9. The number of halogens is 1. The first-order valence-electron chi connectivity index (χ1n) is 9.51. The second-order valence-electron chi connectivity index (χ2n) is 7.96. The van der Waals surface area contributed by atoms with Crippen molar-refractivity contribution >= 4 is 36.0 Å². The summed E-state index contributed by atoms with van der Waals surface area (Å²) in [6.07, 6.45) is 0.573. The van der Waals surface area contributed by atoms with Gasteiger partial charge in [0.1, 0.15) is 5.60 Å². The van der Waals surface area contributed by atoms with E-state index >= 15 is 0 Å². The molecular formula is C18H38IN5O3. The molecule has 160 valence electrons. The van der Waals surface area contributed by atoms with Crippen molar-refractivity contribution in [2.75, 3.05) is 45.9 Å². The Bertz CT molecular complexity index is 449. The maximum absolute atomic E-state index is 11.9. The first kappa shape index (κ1) is 26.2. The summed E-state index contributed by atoms with van der Waals surface area (Å²) >= 11 is 0. The van der Waals surface area contributed by atoms with Crippen LogP contribution in [-0.2, 0) is 9.47 Å². The first-order valence-corrected chi connectivity index (χ1v) is 9.51. The van der Waals surface area contributed by atoms with Crippen molar-refractivity contribution in [3.8, 4) is 0 Å². The number of nitrogens with zero attached hydrogens (tertiary/aromatic N) is 2. The van der Waals surface area contributed by atoms with Crippen molar-refractivity contribution in [1.29, 1.82) is 0 Å². The fourth-order valence-corrected chi connectivity index (χ4v) is 2.48. The smallest absolute Gasteiger partial charge is 0.407 e. The normalized spacial score (nSPS) is 17.2. The third-order valence-electron chi connectivity index (χ3n) is 4.03. The van der Waals surface area contributed by atoms with Crippen LogP contribution >= 0.6 is 24.0 Å². The summed E-state index contributed by atoms with van der Waals surface area (Å²) in [7, 11) is 0. The van der Waals surface area contributed by atoms with Gasteiger partial charge in [0.25, 0.3) is 0 Å². The number of rotatable bonds is 8. The first-order chi connectivity index (χ1) is 12.2. The molecule has 1 saturated heterocycles.